The third-order valence-corrected chi connectivity index (χ3v) is 5.09. The van der Waals surface area contributed by atoms with E-state index in [-0.39, 0.29) is 16.7 Å². The minimum atomic E-state index is -0.333. The van der Waals surface area contributed by atoms with Crippen LogP contribution in [-0.4, -0.2) is 40.9 Å². The first-order chi connectivity index (χ1) is 12.0. The van der Waals surface area contributed by atoms with E-state index in [2.05, 4.69) is 28.9 Å². The number of nitro benzene ring substituents is 1. The molecule has 132 valence electrons. The second-order valence-corrected chi connectivity index (χ2v) is 6.90. The highest BCUT2D eigenvalue weighted by Crippen LogP contribution is 2.25. The molecular weight excluding hydrogens is 338 g/mol. The van der Waals surface area contributed by atoms with Crippen LogP contribution in [-0.2, 0) is 6.54 Å². The predicted molar refractivity (Wildman–Crippen MR) is 99.8 cm³/mol. The van der Waals surface area contributed by atoms with Crippen molar-refractivity contribution >= 4 is 17.3 Å². The Morgan fingerprint density at radius 1 is 1.12 bits per heavy atom. The van der Waals surface area contributed by atoms with Gasteiger partial charge in [-0.2, -0.15) is 0 Å². The summed E-state index contributed by atoms with van der Waals surface area (Å²) in [7, 11) is 0. The highest BCUT2D eigenvalue weighted by molar-refractivity contribution is 6.30. The molecule has 1 aliphatic rings. The molecule has 6 heteroatoms. The van der Waals surface area contributed by atoms with Crippen LogP contribution in [0, 0.1) is 10.1 Å². The summed E-state index contributed by atoms with van der Waals surface area (Å²) in [6.45, 7) is 6.93. The van der Waals surface area contributed by atoms with Gasteiger partial charge in [-0.15, -0.1) is 0 Å². The molecule has 0 aliphatic carbocycles. The lowest BCUT2D eigenvalue weighted by Gasteiger charge is -2.38. The molecule has 2 aromatic rings. The molecule has 0 N–H and O–H groups in total. The first-order valence-corrected chi connectivity index (χ1v) is 8.86. The fraction of sp³-hybridized carbons (Fsp3) is 0.368. The summed E-state index contributed by atoms with van der Waals surface area (Å²) in [6, 6.07) is 15.1. The van der Waals surface area contributed by atoms with E-state index in [4.69, 9.17) is 11.6 Å². The summed E-state index contributed by atoms with van der Waals surface area (Å²) >= 11 is 5.93. The summed E-state index contributed by atoms with van der Waals surface area (Å²) in [6.07, 6.45) is 0. The van der Waals surface area contributed by atoms with E-state index in [9.17, 15) is 10.1 Å². The van der Waals surface area contributed by atoms with E-state index in [0.717, 1.165) is 43.3 Å². The van der Waals surface area contributed by atoms with Gasteiger partial charge < -0.3 is 0 Å². The van der Waals surface area contributed by atoms with Crippen LogP contribution in [0.1, 0.15) is 24.1 Å². The van der Waals surface area contributed by atoms with Crippen molar-refractivity contribution < 1.29 is 4.92 Å². The Morgan fingerprint density at radius 3 is 2.44 bits per heavy atom. The van der Waals surface area contributed by atoms with Crippen LogP contribution in [0.4, 0.5) is 5.69 Å². The number of hydrogen-bond acceptors (Lipinski definition) is 4. The zero-order valence-corrected chi connectivity index (χ0v) is 15.0. The van der Waals surface area contributed by atoms with Crippen LogP contribution < -0.4 is 0 Å². The maximum absolute atomic E-state index is 11.0. The second kappa shape index (κ2) is 7.95. The lowest BCUT2D eigenvalue weighted by Crippen LogP contribution is -2.46. The van der Waals surface area contributed by atoms with Crippen molar-refractivity contribution in [3.05, 3.63) is 74.8 Å². The second-order valence-electron chi connectivity index (χ2n) is 6.47. The molecule has 0 amide bonds. The van der Waals surface area contributed by atoms with Gasteiger partial charge in [-0.05, 0) is 30.2 Å². The first kappa shape index (κ1) is 17.9. The van der Waals surface area contributed by atoms with Gasteiger partial charge in [0, 0.05) is 55.9 Å². The fourth-order valence-corrected chi connectivity index (χ4v) is 3.39. The molecule has 0 aromatic heterocycles. The summed E-state index contributed by atoms with van der Waals surface area (Å²) < 4.78 is 0. The molecule has 1 heterocycles. The highest BCUT2D eigenvalue weighted by atomic mass is 35.5. The fourth-order valence-electron chi connectivity index (χ4n) is 3.27. The molecule has 0 saturated carbocycles. The van der Waals surface area contributed by atoms with Gasteiger partial charge in [0.2, 0.25) is 0 Å². The van der Waals surface area contributed by atoms with Crippen LogP contribution in [0.2, 0.25) is 5.02 Å². The van der Waals surface area contributed by atoms with Crippen LogP contribution in [0.3, 0.4) is 0 Å². The van der Waals surface area contributed by atoms with E-state index >= 15 is 0 Å². The summed E-state index contributed by atoms with van der Waals surface area (Å²) in [5, 5.41) is 11.7. The van der Waals surface area contributed by atoms with Crippen LogP contribution in [0.25, 0.3) is 0 Å². The maximum atomic E-state index is 11.0. The van der Waals surface area contributed by atoms with Gasteiger partial charge in [0.25, 0.3) is 5.69 Å². The lowest BCUT2D eigenvalue weighted by molar-refractivity contribution is -0.385. The van der Waals surface area contributed by atoms with Crippen molar-refractivity contribution in [1.29, 1.82) is 0 Å². The Morgan fingerprint density at radius 2 is 1.80 bits per heavy atom. The normalized spacial score (nSPS) is 17.4. The van der Waals surface area contributed by atoms with Crippen molar-refractivity contribution in [3.8, 4) is 0 Å². The topological polar surface area (TPSA) is 49.6 Å². The standard InChI is InChI=1S/C19H22ClN3O2/c1-15(17-3-2-4-19(13-17)23(24)25)22-11-9-21(10-12-22)14-16-5-7-18(20)8-6-16/h2-8,13,15H,9-12,14H2,1H3. The molecule has 0 spiro atoms. The van der Waals surface area contributed by atoms with Crippen LogP contribution in [0.15, 0.2) is 48.5 Å². The zero-order chi connectivity index (χ0) is 17.8. The lowest BCUT2D eigenvalue weighted by atomic mass is 10.1. The molecule has 0 bridgehead atoms. The maximum Gasteiger partial charge on any atom is 0.269 e. The summed E-state index contributed by atoms with van der Waals surface area (Å²) in [5.41, 5.74) is 2.43. The monoisotopic (exact) mass is 359 g/mol. The average Bonchev–Trinajstić information content (AvgIpc) is 2.64. The molecule has 2 aromatic carbocycles. The number of nitro groups is 1. The molecule has 5 nitrogen and oxygen atoms in total. The molecule has 1 aliphatic heterocycles. The number of halogens is 1. The molecule has 1 atom stereocenters. The highest BCUT2D eigenvalue weighted by Gasteiger charge is 2.23. The minimum absolute atomic E-state index is 0.158. The van der Waals surface area contributed by atoms with Gasteiger partial charge in [0.15, 0.2) is 0 Å². The van der Waals surface area contributed by atoms with Gasteiger partial charge >= 0.3 is 0 Å². The number of non-ortho nitro benzene ring substituents is 1. The molecule has 0 radical (unpaired) electrons. The van der Waals surface area contributed by atoms with Gasteiger partial charge in [0.05, 0.1) is 4.92 Å². The third kappa shape index (κ3) is 4.57. The summed E-state index contributed by atoms with van der Waals surface area (Å²) in [5.74, 6) is 0. The first-order valence-electron chi connectivity index (χ1n) is 8.48. The SMILES string of the molecule is CC(c1cccc([N+](=O)[O-])c1)N1CCN(Cc2ccc(Cl)cc2)CC1. The Balaban J connectivity index is 1.57. The number of hydrogen-bond donors (Lipinski definition) is 0. The Bertz CT molecular complexity index is 728. The van der Waals surface area contributed by atoms with Gasteiger partial charge in [-0.1, -0.05) is 35.9 Å². The van der Waals surface area contributed by atoms with E-state index in [0.29, 0.717) is 0 Å². The van der Waals surface area contributed by atoms with Gasteiger partial charge in [-0.25, -0.2) is 0 Å². The van der Waals surface area contributed by atoms with Crippen LogP contribution >= 0.6 is 11.6 Å². The number of nitrogens with zero attached hydrogens (tertiary/aromatic N) is 3. The predicted octanol–water partition coefficient (Wildman–Crippen LogP) is 4.13. The Hall–Kier alpha value is -1.95. The van der Waals surface area contributed by atoms with Gasteiger partial charge in [-0.3, -0.25) is 19.9 Å². The van der Waals surface area contributed by atoms with Crippen molar-refractivity contribution in [2.45, 2.75) is 19.5 Å². The molecule has 3 rings (SSSR count). The minimum Gasteiger partial charge on any atom is -0.297 e. The molecule has 1 unspecified atom stereocenters. The molecule has 25 heavy (non-hydrogen) atoms. The number of rotatable bonds is 5. The Kier molecular flexibility index (Phi) is 5.68. The number of benzene rings is 2. The van der Waals surface area contributed by atoms with Gasteiger partial charge in [0.1, 0.15) is 0 Å². The number of piperazine rings is 1. The largest absolute Gasteiger partial charge is 0.297 e. The molecule has 1 saturated heterocycles. The van der Waals surface area contributed by atoms with E-state index in [1.54, 1.807) is 18.2 Å². The Labute approximate surface area is 153 Å². The van der Waals surface area contributed by atoms with Crippen LogP contribution in [0.5, 0.6) is 0 Å². The zero-order valence-electron chi connectivity index (χ0n) is 14.3. The average molecular weight is 360 g/mol. The third-order valence-electron chi connectivity index (χ3n) is 4.84. The van der Waals surface area contributed by atoms with Crippen molar-refractivity contribution in [3.63, 3.8) is 0 Å². The molecular formula is C19H22ClN3O2. The smallest absolute Gasteiger partial charge is 0.269 e. The van der Waals surface area contributed by atoms with Crippen molar-refractivity contribution in [1.82, 2.24) is 9.80 Å². The molecule has 1 fully saturated rings. The summed E-state index contributed by atoms with van der Waals surface area (Å²) in [4.78, 5) is 15.5. The van der Waals surface area contributed by atoms with E-state index in [1.807, 2.05) is 18.2 Å². The van der Waals surface area contributed by atoms with Crippen molar-refractivity contribution in [2.75, 3.05) is 26.2 Å². The van der Waals surface area contributed by atoms with E-state index in [1.165, 1.54) is 5.56 Å². The van der Waals surface area contributed by atoms with E-state index < -0.39 is 0 Å². The quantitative estimate of drug-likeness (QED) is 0.595. The van der Waals surface area contributed by atoms with Crippen molar-refractivity contribution in [2.24, 2.45) is 0 Å².